The van der Waals surface area contributed by atoms with Gasteiger partial charge in [-0.25, -0.2) is 4.79 Å². The molecule has 0 bridgehead atoms. The fourth-order valence-corrected chi connectivity index (χ4v) is 3.32. The third-order valence-corrected chi connectivity index (χ3v) is 4.31. The molecule has 21 heavy (non-hydrogen) atoms. The van der Waals surface area contributed by atoms with Gasteiger partial charge in [-0.1, -0.05) is 19.3 Å². The predicted molar refractivity (Wildman–Crippen MR) is 82.0 cm³/mol. The molecule has 114 valence electrons. The van der Waals surface area contributed by atoms with Crippen LogP contribution in [0.25, 0.3) is 11.2 Å². The second-order valence-electron chi connectivity index (χ2n) is 5.52. The van der Waals surface area contributed by atoms with E-state index < -0.39 is 0 Å². The van der Waals surface area contributed by atoms with Gasteiger partial charge in [0.2, 0.25) is 5.95 Å². The van der Waals surface area contributed by atoms with Crippen molar-refractivity contribution in [3.05, 3.63) is 20.8 Å². The van der Waals surface area contributed by atoms with Crippen molar-refractivity contribution in [3.8, 4) is 0 Å². The molecule has 1 aliphatic rings. The number of rotatable bonds is 3. The molecule has 0 unspecified atom stereocenters. The SMILES string of the molecule is CCn1c(NC)nc2c1c(=O)[nH]c(=O)n2C1CCCCC1. The number of hydrogen-bond acceptors (Lipinski definition) is 4. The van der Waals surface area contributed by atoms with Gasteiger partial charge in [0.05, 0.1) is 0 Å². The molecule has 0 spiro atoms. The summed E-state index contributed by atoms with van der Waals surface area (Å²) >= 11 is 0. The number of hydrogen-bond donors (Lipinski definition) is 2. The first-order chi connectivity index (χ1) is 10.2. The molecule has 1 fully saturated rings. The van der Waals surface area contributed by atoms with Gasteiger partial charge in [0, 0.05) is 19.6 Å². The average Bonchev–Trinajstić information content (AvgIpc) is 2.87. The zero-order valence-corrected chi connectivity index (χ0v) is 12.5. The van der Waals surface area contributed by atoms with E-state index in [1.807, 2.05) is 11.5 Å². The van der Waals surface area contributed by atoms with Crippen molar-refractivity contribution < 1.29 is 0 Å². The van der Waals surface area contributed by atoms with Gasteiger partial charge in [0.15, 0.2) is 11.2 Å². The van der Waals surface area contributed by atoms with Crippen LogP contribution in [-0.4, -0.2) is 26.1 Å². The molecule has 2 N–H and O–H groups in total. The lowest BCUT2D eigenvalue weighted by Crippen LogP contribution is -2.34. The third kappa shape index (κ3) is 2.16. The second-order valence-corrected chi connectivity index (χ2v) is 5.52. The van der Waals surface area contributed by atoms with E-state index >= 15 is 0 Å². The Hall–Kier alpha value is -2.05. The Labute approximate surface area is 122 Å². The number of aromatic amines is 1. The highest BCUT2D eigenvalue weighted by molar-refractivity contribution is 5.74. The quantitative estimate of drug-likeness (QED) is 0.896. The first-order valence-electron chi connectivity index (χ1n) is 7.60. The average molecular weight is 291 g/mol. The Morgan fingerprint density at radius 1 is 1.29 bits per heavy atom. The molecular formula is C14H21N5O2. The van der Waals surface area contributed by atoms with Crippen LogP contribution in [-0.2, 0) is 6.54 Å². The number of anilines is 1. The Balaban J connectivity index is 2.31. The Kier molecular flexibility index (Phi) is 3.57. The van der Waals surface area contributed by atoms with E-state index in [9.17, 15) is 9.59 Å². The van der Waals surface area contributed by atoms with Gasteiger partial charge >= 0.3 is 5.69 Å². The van der Waals surface area contributed by atoms with Gasteiger partial charge in [0.25, 0.3) is 5.56 Å². The van der Waals surface area contributed by atoms with Crippen molar-refractivity contribution in [2.75, 3.05) is 12.4 Å². The van der Waals surface area contributed by atoms with Crippen LogP contribution in [0.1, 0.15) is 45.1 Å². The molecule has 7 nitrogen and oxygen atoms in total. The zero-order chi connectivity index (χ0) is 15.0. The zero-order valence-electron chi connectivity index (χ0n) is 12.5. The summed E-state index contributed by atoms with van der Waals surface area (Å²) in [4.78, 5) is 31.4. The summed E-state index contributed by atoms with van der Waals surface area (Å²) in [7, 11) is 1.77. The minimum Gasteiger partial charge on any atom is -0.359 e. The van der Waals surface area contributed by atoms with Crippen LogP contribution >= 0.6 is 0 Å². The molecule has 2 aromatic heterocycles. The van der Waals surface area contributed by atoms with Crippen molar-refractivity contribution >= 4 is 17.1 Å². The van der Waals surface area contributed by atoms with Crippen LogP contribution in [0.2, 0.25) is 0 Å². The summed E-state index contributed by atoms with van der Waals surface area (Å²) in [6, 6.07) is 0.135. The van der Waals surface area contributed by atoms with Gasteiger partial charge in [0.1, 0.15) is 0 Å². The second kappa shape index (κ2) is 5.38. The number of H-pyrrole nitrogens is 1. The number of nitrogens with one attached hydrogen (secondary N) is 2. The number of aromatic nitrogens is 4. The summed E-state index contributed by atoms with van der Waals surface area (Å²) in [5.74, 6) is 0.619. The minimum atomic E-state index is -0.363. The molecule has 1 saturated carbocycles. The van der Waals surface area contributed by atoms with Gasteiger partial charge in [-0.2, -0.15) is 4.98 Å². The monoisotopic (exact) mass is 291 g/mol. The molecule has 2 heterocycles. The molecule has 3 rings (SSSR count). The molecule has 1 aliphatic carbocycles. The van der Waals surface area contributed by atoms with Crippen molar-refractivity contribution in [1.29, 1.82) is 0 Å². The van der Waals surface area contributed by atoms with Crippen LogP contribution in [0.5, 0.6) is 0 Å². The van der Waals surface area contributed by atoms with E-state index in [1.54, 1.807) is 11.6 Å². The number of nitrogens with zero attached hydrogens (tertiary/aromatic N) is 3. The maximum Gasteiger partial charge on any atom is 0.330 e. The molecule has 0 radical (unpaired) electrons. The van der Waals surface area contributed by atoms with Gasteiger partial charge < -0.3 is 9.88 Å². The van der Waals surface area contributed by atoms with E-state index in [4.69, 9.17) is 0 Å². The van der Waals surface area contributed by atoms with E-state index in [-0.39, 0.29) is 17.3 Å². The van der Waals surface area contributed by atoms with Crippen LogP contribution in [0, 0.1) is 0 Å². The molecule has 0 amide bonds. The van der Waals surface area contributed by atoms with Crippen molar-refractivity contribution in [3.63, 3.8) is 0 Å². The van der Waals surface area contributed by atoms with Crippen molar-refractivity contribution in [1.82, 2.24) is 19.1 Å². The lowest BCUT2D eigenvalue weighted by molar-refractivity contribution is 0.349. The molecule has 0 saturated heterocycles. The number of aryl methyl sites for hydroxylation is 1. The topological polar surface area (TPSA) is 84.7 Å². The molecule has 0 aliphatic heterocycles. The summed E-state index contributed by atoms with van der Waals surface area (Å²) < 4.78 is 3.50. The van der Waals surface area contributed by atoms with Crippen LogP contribution in [0.4, 0.5) is 5.95 Å². The van der Waals surface area contributed by atoms with Crippen molar-refractivity contribution in [2.45, 2.75) is 51.6 Å². The highest BCUT2D eigenvalue weighted by Gasteiger charge is 2.23. The highest BCUT2D eigenvalue weighted by Crippen LogP contribution is 2.29. The maximum absolute atomic E-state index is 12.3. The lowest BCUT2D eigenvalue weighted by atomic mass is 9.95. The van der Waals surface area contributed by atoms with Crippen LogP contribution in [0.15, 0.2) is 9.59 Å². The first-order valence-corrected chi connectivity index (χ1v) is 7.60. The predicted octanol–water partition coefficient (Wildman–Crippen LogP) is 1.45. The number of fused-ring (bicyclic) bond motifs is 1. The Morgan fingerprint density at radius 3 is 2.62 bits per heavy atom. The minimum absolute atomic E-state index is 0.135. The largest absolute Gasteiger partial charge is 0.359 e. The summed E-state index contributed by atoms with van der Waals surface area (Å²) in [5, 5.41) is 3.00. The standard InChI is InChI=1S/C14H21N5O2/c1-3-18-10-11(16-13(18)15-2)19(14(21)17-12(10)20)9-7-5-4-6-8-9/h9H,3-8H2,1-2H3,(H,15,16)(H,17,20,21). The maximum atomic E-state index is 12.3. The summed E-state index contributed by atoms with van der Waals surface area (Å²) in [6.07, 6.45) is 5.38. The summed E-state index contributed by atoms with van der Waals surface area (Å²) in [5.41, 5.74) is 0.273. The van der Waals surface area contributed by atoms with E-state index in [0.717, 1.165) is 25.7 Å². The van der Waals surface area contributed by atoms with Gasteiger partial charge in [-0.15, -0.1) is 0 Å². The Morgan fingerprint density at radius 2 is 2.00 bits per heavy atom. The fraction of sp³-hybridized carbons (Fsp3) is 0.643. The van der Waals surface area contributed by atoms with Crippen LogP contribution < -0.4 is 16.6 Å². The summed E-state index contributed by atoms with van der Waals surface area (Å²) in [6.45, 7) is 2.58. The highest BCUT2D eigenvalue weighted by atomic mass is 16.2. The molecule has 0 aromatic carbocycles. The van der Waals surface area contributed by atoms with Gasteiger partial charge in [-0.3, -0.25) is 14.3 Å². The third-order valence-electron chi connectivity index (χ3n) is 4.31. The fourth-order valence-electron chi connectivity index (χ4n) is 3.32. The molecular weight excluding hydrogens is 270 g/mol. The molecule has 0 atom stereocenters. The van der Waals surface area contributed by atoms with E-state index in [0.29, 0.717) is 23.7 Å². The number of imidazole rings is 1. The van der Waals surface area contributed by atoms with Gasteiger partial charge in [-0.05, 0) is 19.8 Å². The van der Waals surface area contributed by atoms with Crippen molar-refractivity contribution in [2.24, 2.45) is 0 Å². The molecule has 2 aromatic rings. The normalized spacial score (nSPS) is 16.5. The lowest BCUT2D eigenvalue weighted by Gasteiger charge is -2.23. The smallest absolute Gasteiger partial charge is 0.330 e. The Bertz CT molecular complexity index is 764. The molecule has 7 heteroatoms. The van der Waals surface area contributed by atoms with E-state index in [2.05, 4.69) is 15.3 Å². The first kappa shape index (κ1) is 13.9. The van der Waals surface area contributed by atoms with Crippen LogP contribution in [0.3, 0.4) is 0 Å². The van der Waals surface area contributed by atoms with E-state index in [1.165, 1.54) is 6.42 Å².